The number of nitrogens with one attached hydrogen (secondary N) is 2. The van der Waals surface area contributed by atoms with Crippen molar-refractivity contribution in [3.63, 3.8) is 0 Å². The van der Waals surface area contributed by atoms with Gasteiger partial charge >= 0.3 is 0 Å². The van der Waals surface area contributed by atoms with Crippen LogP contribution in [0.15, 0.2) is 60.7 Å². The number of fused-ring (bicyclic) bond motifs is 4. The fourth-order valence-corrected chi connectivity index (χ4v) is 4.29. The predicted molar refractivity (Wildman–Crippen MR) is 116 cm³/mol. The quantitative estimate of drug-likeness (QED) is 0.447. The molecule has 0 amide bonds. The highest BCUT2D eigenvalue weighted by Gasteiger charge is 2.24. The van der Waals surface area contributed by atoms with E-state index >= 15 is 0 Å². The van der Waals surface area contributed by atoms with E-state index in [1.807, 2.05) is 13.8 Å². The topological polar surface area (TPSA) is 27.8 Å². The number of aromatic nitrogens is 1. The second kappa shape index (κ2) is 7.58. The van der Waals surface area contributed by atoms with Gasteiger partial charge in [0.15, 0.2) is 0 Å². The zero-order valence-corrected chi connectivity index (χ0v) is 16.5. The third kappa shape index (κ3) is 3.26. The van der Waals surface area contributed by atoms with Crippen molar-refractivity contribution in [2.75, 3.05) is 6.54 Å². The summed E-state index contributed by atoms with van der Waals surface area (Å²) < 4.78 is 0. The van der Waals surface area contributed by atoms with E-state index in [2.05, 4.69) is 77.9 Å². The Balaban J connectivity index is 0.000000872. The summed E-state index contributed by atoms with van der Waals surface area (Å²) in [6.07, 6.45) is 2.12. The molecule has 5 rings (SSSR count). The molecule has 0 saturated carbocycles. The first-order valence-corrected chi connectivity index (χ1v) is 10.1. The van der Waals surface area contributed by atoms with E-state index < -0.39 is 0 Å². The molecule has 0 bridgehead atoms. The lowest BCUT2D eigenvalue weighted by atomic mass is 9.92. The van der Waals surface area contributed by atoms with E-state index in [4.69, 9.17) is 0 Å². The Kier molecular flexibility index (Phi) is 5.00. The molecule has 2 nitrogen and oxygen atoms in total. The Morgan fingerprint density at radius 1 is 0.926 bits per heavy atom. The molecule has 0 saturated heterocycles. The molecule has 138 valence electrons. The molecule has 1 atom stereocenters. The number of aromatic amines is 1. The summed E-state index contributed by atoms with van der Waals surface area (Å²) in [4.78, 5) is 3.70. The van der Waals surface area contributed by atoms with Crippen LogP contribution in [0.25, 0.3) is 21.7 Å². The standard InChI is InChI=1S/C23H22N2.C2H6/c1-15-9-10-21-20(13-15)19-11-12-24-22(23(19)25-21)14-17-7-4-6-16-5-2-3-8-18(16)17;1-2/h2-10,13,22,24-25H,11-12,14H2,1H3;1-2H3. The molecule has 0 radical (unpaired) electrons. The monoisotopic (exact) mass is 356 g/mol. The Bertz CT molecular complexity index is 1070. The van der Waals surface area contributed by atoms with Gasteiger partial charge in [-0.05, 0) is 60.3 Å². The molecular weight excluding hydrogens is 328 g/mol. The molecule has 2 heteroatoms. The van der Waals surface area contributed by atoms with Crippen LogP contribution < -0.4 is 5.32 Å². The summed E-state index contributed by atoms with van der Waals surface area (Å²) in [5.41, 5.74) is 6.89. The average molecular weight is 357 g/mol. The summed E-state index contributed by atoms with van der Waals surface area (Å²) in [5, 5.41) is 7.82. The van der Waals surface area contributed by atoms with Crippen molar-refractivity contribution < 1.29 is 0 Å². The van der Waals surface area contributed by atoms with E-state index in [-0.39, 0.29) is 0 Å². The summed E-state index contributed by atoms with van der Waals surface area (Å²) in [6, 6.07) is 22.4. The number of aryl methyl sites for hydroxylation is 1. The van der Waals surface area contributed by atoms with Gasteiger partial charge in [0.2, 0.25) is 0 Å². The van der Waals surface area contributed by atoms with Crippen LogP contribution in [0.4, 0.5) is 0 Å². The highest BCUT2D eigenvalue weighted by molar-refractivity contribution is 5.87. The molecule has 2 N–H and O–H groups in total. The Morgan fingerprint density at radius 3 is 2.63 bits per heavy atom. The molecule has 0 fully saturated rings. The van der Waals surface area contributed by atoms with Crippen LogP contribution in [0.1, 0.15) is 42.3 Å². The Hall–Kier alpha value is -2.58. The van der Waals surface area contributed by atoms with Gasteiger partial charge in [-0.1, -0.05) is 67.9 Å². The molecule has 27 heavy (non-hydrogen) atoms. The van der Waals surface area contributed by atoms with Crippen molar-refractivity contribution >= 4 is 21.7 Å². The molecule has 3 aromatic carbocycles. The number of hydrogen-bond donors (Lipinski definition) is 2. The van der Waals surface area contributed by atoms with Gasteiger partial charge in [-0.3, -0.25) is 0 Å². The number of hydrogen-bond acceptors (Lipinski definition) is 1. The fourth-order valence-electron chi connectivity index (χ4n) is 4.29. The highest BCUT2D eigenvalue weighted by atomic mass is 15.0. The molecule has 1 aliphatic rings. The van der Waals surface area contributed by atoms with Gasteiger partial charge in [0.25, 0.3) is 0 Å². The van der Waals surface area contributed by atoms with E-state index in [9.17, 15) is 0 Å². The van der Waals surface area contributed by atoms with Crippen molar-refractivity contribution in [2.24, 2.45) is 0 Å². The molecule has 0 aliphatic carbocycles. The van der Waals surface area contributed by atoms with Gasteiger partial charge < -0.3 is 10.3 Å². The van der Waals surface area contributed by atoms with Crippen LogP contribution in [0, 0.1) is 6.92 Å². The van der Waals surface area contributed by atoms with Crippen molar-refractivity contribution in [3.8, 4) is 0 Å². The maximum Gasteiger partial charge on any atom is 0.0517 e. The van der Waals surface area contributed by atoms with Gasteiger partial charge in [-0.15, -0.1) is 0 Å². The normalized spacial score (nSPS) is 16.0. The molecule has 4 aromatic rings. The number of benzene rings is 3. The zero-order chi connectivity index (χ0) is 18.8. The maximum absolute atomic E-state index is 3.73. The lowest BCUT2D eigenvalue weighted by Gasteiger charge is -2.25. The smallest absolute Gasteiger partial charge is 0.0517 e. The first-order chi connectivity index (χ1) is 13.3. The molecule has 0 spiro atoms. The van der Waals surface area contributed by atoms with Crippen LogP contribution in [-0.4, -0.2) is 11.5 Å². The number of H-pyrrole nitrogens is 1. The van der Waals surface area contributed by atoms with Crippen molar-refractivity contribution in [2.45, 2.75) is 39.7 Å². The van der Waals surface area contributed by atoms with Crippen molar-refractivity contribution in [3.05, 3.63) is 83.0 Å². The molecule has 1 aromatic heterocycles. The van der Waals surface area contributed by atoms with Gasteiger partial charge in [0.1, 0.15) is 0 Å². The van der Waals surface area contributed by atoms with Crippen LogP contribution >= 0.6 is 0 Å². The third-order valence-corrected chi connectivity index (χ3v) is 5.51. The predicted octanol–water partition coefficient (Wildman–Crippen LogP) is 6.09. The first kappa shape index (κ1) is 17.8. The van der Waals surface area contributed by atoms with Crippen molar-refractivity contribution in [1.29, 1.82) is 0 Å². The molecule has 1 aliphatic heterocycles. The fraction of sp³-hybridized carbons (Fsp3) is 0.280. The lowest BCUT2D eigenvalue weighted by Crippen LogP contribution is -2.31. The van der Waals surface area contributed by atoms with E-state index in [1.54, 1.807) is 0 Å². The van der Waals surface area contributed by atoms with Gasteiger partial charge in [0.05, 0.1) is 6.04 Å². The maximum atomic E-state index is 3.73. The second-order valence-corrected chi connectivity index (χ2v) is 7.17. The minimum atomic E-state index is 0.349. The third-order valence-electron chi connectivity index (χ3n) is 5.51. The van der Waals surface area contributed by atoms with Crippen LogP contribution in [0.3, 0.4) is 0 Å². The van der Waals surface area contributed by atoms with E-state index in [1.165, 1.54) is 44.1 Å². The summed E-state index contributed by atoms with van der Waals surface area (Å²) in [5.74, 6) is 0. The molecule has 1 unspecified atom stereocenters. The van der Waals surface area contributed by atoms with Crippen LogP contribution in [0.2, 0.25) is 0 Å². The van der Waals surface area contributed by atoms with Crippen molar-refractivity contribution in [1.82, 2.24) is 10.3 Å². The van der Waals surface area contributed by atoms with Gasteiger partial charge in [0, 0.05) is 16.6 Å². The average Bonchev–Trinajstić information content (AvgIpc) is 3.09. The summed E-state index contributed by atoms with van der Waals surface area (Å²) in [7, 11) is 0. The SMILES string of the molecule is CC.Cc1ccc2[nH]c3c(c2c1)CCNC3Cc1cccc2ccccc12. The van der Waals surface area contributed by atoms with Crippen LogP contribution in [0.5, 0.6) is 0 Å². The summed E-state index contributed by atoms with van der Waals surface area (Å²) >= 11 is 0. The zero-order valence-electron chi connectivity index (χ0n) is 16.5. The lowest BCUT2D eigenvalue weighted by molar-refractivity contribution is 0.496. The van der Waals surface area contributed by atoms with Crippen LogP contribution in [-0.2, 0) is 12.8 Å². The van der Waals surface area contributed by atoms with E-state index in [0.717, 1.165) is 19.4 Å². The Morgan fingerprint density at radius 2 is 1.74 bits per heavy atom. The number of rotatable bonds is 2. The summed E-state index contributed by atoms with van der Waals surface area (Å²) in [6.45, 7) is 7.22. The second-order valence-electron chi connectivity index (χ2n) is 7.17. The molecule has 2 heterocycles. The first-order valence-electron chi connectivity index (χ1n) is 10.1. The van der Waals surface area contributed by atoms with Gasteiger partial charge in [-0.25, -0.2) is 0 Å². The highest BCUT2D eigenvalue weighted by Crippen LogP contribution is 2.33. The Labute approximate surface area is 161 Å². The van der Waals surface area contributed by atoms with E-state index in [0.29, 0.717) is 6.04 Å². The minimum Gasteiger partial charge on any atom is -0.357 e. The van der Waals surface area contributed by atoms with Gasteiger partial charge in [-0.2, -0.15) is 0 Å². The molecular formula is C25H28N2. The largest absolute Gasteiger partial charge is 0.357 e. The minimum absolute atomic E-state index is 0.349.